The fourth-order valence-corrected chi connectivity index (χ4v) is 6.65. The molecule has 1 heterocycles. The lowest BCUT2D eigenvalue weighted by Gasteiger charge is -2.27. The van der Waals surface area contributed by atoms with E-state index in [1.54, 1.807) is 0 Å². The molecular formula is C13H15F2NO4S2. The van der Waals surface area contributed by atoms with Crippen LogP contribution in [0.15, 0.2) is 23.1 Å². The molecule has 3 rings (SSSR count). The van der Waals surface area contributed by atoms with E-state index < -0.39 is 42.4 Å². The highest BCUT2D eigenvalue weighted by Gasteiger charge is 2.47. The second-order valence-corrected chi connectivity index (χ2v) is 9.68. The van der Waals surface area contributed by atoms with E-state index in [0.717, 1.165) is 22.5 Å². The van der Waals surface area contributed by atoms with Crippen molar-refractivity contribution in [1.82, 2.24) is 4.31 Å². The van der Waals surface area contributed by atoms with Crippen molar-refractivity contribution in [2.75, 3.05) is 11.5 Å². The quantitative estimate of drug-likeness (QED) is 0.820. The summed E-state index contributed by atoms with van der Waals surface area (Å²) < 4.78 is 77.4. The van der Waals surface area contributed by atoms with Crippen molar-refractivity contribution in [3.05, 3.63) is 29.8 Å². The first kappa shape index (κ1) is 15.8. The van der Waals surface area contributed by atoms with Crippen LogP contribution >= 0.6 is 0 Å². The van der Waals surface area contributed by atoms with Gasteiger partial charge in [-0.1, -0.05) is 6.07 Å². The Morgan fingerprint density at radius 1 is 1.05 bits per heavy atom. The van der Waals surface area contributed by atoms with Gasteiger partial charge in [-0.3, -0.25) is 0 Å². The summed E-state index contributed by atoms with van der Waals surface area (Å²) in [6, 6.07) is 1.73. The molecule has 9 heteroatoms. The summed E-state index contributed by atoms with van der Waals surface area (Å²) in [4.78, 5) is -0.994. The molecule has 1 aliphatic heterocycles. The molecule has 0 bridgehead atoms. The molecule has 0 spiro atoms. The number of sulfone groups is 1. The minimum Gasteiger partial charge on any atom is -0.229 e. The Balaban J connectivity index is 2.05. The average Bonchev–Trinajstić information content (AvgIpc) is 3.13. The summed E-state index contributed by atoms with van der Waals surface area (Å²) in [7, 11) is -7.72. The normalized spacial score (nSPS) is 24.8. The predicted molar refractivity (Wildman–Crippen MR) is 75.5 cm³/mol. The molecule has 0 radical (unpaired) electrons. The van der Waals surface area contributed by atoms with Crippen LogP contribution in [0, 0.1) is 11.6 Å². The molecular weight excluding hydrogens is 336 g/mol. The van der Waals surface area contributed by atoms with Gasteiger partial charge in [0, 0.05) is 12.1 Å². The maximum Gasteiger partial charge on any atom is 0.249 e. The zero-order valence-corrected chi connectivity index (χ0v) is 13.2. The van der Waals surface area contributed by atoms with Crippen molar-refractivity contribution in [2.45, 2.75) is 36.2 Å². The van der Waals surface area contributed by atoms with Crippen molar-refractivity contribution >= 4 is 19.9 Å². The molecule has 22 heavy (non-hydrogen) atoms. The number of rotatable bonds is 4. The van der Waals surface area contributed by atoms with Gasteiger partial charge in [-0.15, -0.1) is 0 Å². The summed E-state index contributed by atoms with van der Waals surface area (Å²) in [6.07, 6.45) is 1.31. The Morgan fingerprint density at radius 3 is 2.09 bits per heavy atom. The standard InChI is InChI=1S/C13H15F2NO4S2/c14-11-2-1-3-12(15)13(11)22(19,20)16(9-4-5-9)10-6-7-21(17,18)8-10/h1-3,9-10H,4-8H2. The van der Waals surface area contributed by atoms with Gasteiger partial charge in [0.2, 0.25) is 10.0 Å². The van der Waals surface area contributed by atoms with Gasteiger partial charge in [0.1, 0.15) is 11.6 Å². The van der Waals surface area contributed by atoms with E-state index in [0.29, 0.717) is 12.8 Å². The summed E-state index contributed by atoms with van der Waals surface area (Å²) in [5.41, 5.74) is 0. The minimum atomic E-state index is -4.41. The highest BCUT2D eigenvalue weighted by molar-refractivity contribution is 7.92. The third kappa shape index (κ3) is 2.77. The van der Waals surface area contributed by atoms with E-state index >= 15 is 0 Å². The first-order valence-electron chi connectivity index (χ1n) is 6.90. The third-order valence-corrected chi connectivity index (χ3v) is 7.74. The lowest BCUT2D eigenvalue weighted by atomic mass is 10.2. The number of nitrogens with zero attached hydrogens (tertiary/aromatic N) is 1. The van der Waals surface area contributed by atoms with Gasteiger partial charge in [-0.2, -0.15) is 4.31 Å². The molecule has 1 atom stereocenters. The maximum atomic E-state index is 13.9. The van der Waals surface area contributed by atoms with E-state index in [2.05, 4.69) is 0 Å². The molecule has 0 aromatic heterocycles. The Kier molecular flexibility index (Phi) is 3.77. The largest absolute Gasteiger partial charge is 0.249 e. The van der Waals surface area contributed by atoms with Crippen molar-refractivity contribution in [2.24, 2.45) is 0 Å². The summed E-state index contributed by atoms with van der Waals surface area (Å²) in [5, 5.41) is 0. The van der Waals surface area contributed by atoms with Gasteiger partial charge in [0.05, 0.1) is 11.5 Å². The van der Waals surface area contributed by atoms with Crippen LogP contribution in [0.4, 0.5) is 8.78 Å². The van der Waals surface area contributed by atoms with Gasteiger partial charge in [0.25, 0.3) is 0 Å². The predicted octanol–water partition coefficient (Wildman–Crippen LogP) is 1.31. The Labute approximate surface area is 127 Å². The fraction of sp³-hybridized carbons (Fsp3) is 0.538. The molecule has 1 aromatic carbocycles. The van der Waals surface area contributed by atoms with E-state index in [-0.39, 0.29) is 24.0 Å². The first-order chi connectivity index (χ1) is 10.2. The van der Waals surface area contributed by atoms with Gasteiger partial charge >= 0.3 is 0 Å². The third-order valence-electron chi connectivity index (χ3n) is 3.93. The van der Waals surface area contributed by atoms with Crippen LogP contribution in [-0.2, 0) is 19.9 Å². The molecule has 122 valence electrons. The molecule has 0 N–H and O–H groups in total. The molecule has 1 unspecified atom stereocenters. The second kappa shape index (κ2) is 5.24. The Hall–Kier alpha value is -1.06. The zero-order chi connectivity index (χ0) is 16.1. The molecule has 1 saturated heterocycles. The van der Waals surface area contributed by atoms with E-state index in [4.69, 9.17) is 0 Å². The van der Waals surface area contributed by atoms with Crippen molar-refractivity contribution in [3.8, 4) is 0 Å². The summed E-state index contributed by atoms with van der Waals surface area (Å²) in [6.45, 7) is 0. The topological polar surface area (TPSA) is 71.5 Å². The number of hydrogen-bond donors (Lipinski definition) is 0. The summed E-state index contributed by atoms with van der Waals surface area (Å²) >= 11 is 0. The van der Waals surface area contributed by atoms with E-state index in [1.807, 2.05) is 0 Å². The highest BCUT2D eigenvalue weighted by Crippen LogP contribution is 2.37. The van der Waals surface area contributed by atoms with E-state index in [1.165, 1.54) is 0 Å². The van der Waals surface area contributed by atoms with Crippen LogP contribution in [0.1, 0.15) is 19.3 Å². The maximum absolute atomic E-state index is 13.9. The monoisotopic (exact) mass is 351 g/mol. The SMILES string of the molecule is O=S1(=O)CCC(N(C2CC2)S(=O)(=O)c2c(F)cccc2F)C1. The number of hydrogen-bond acceptors (Lipinski definition) is 4. The second-order valence-electron chi connectivity index (χ2n) is 5.67. The van der Waals surface area contributed by atoms with Crippen molar-refractivity contribution in [3.63, 3.8) is 0 Å². The van der Waals surface area contributed by atoms with E-state index in [9.17, 15) is 25.6 Å². The van der Waals surface area contributed by atoms with Gasteiger partial charge in [-0.05, 0) is 31.4 Å². The highest BCUT2D eigenvalue weighted by atomic mass is 32.2. The van der Waals surface area contributed by atoms with Crippen LogP contribution in [0.2, 0.25) is 0 Å². The smallest absolute Gasteiger partial charge is 0.229 e. The molecule has 0 amide bonds. The Bertz CT molecular complexity index is 783. The number of halogens is 2. The van der Waals surface area contributed by atoms with Gasteiger partial charge < -0.3 is 0 Å². The van der Waals surface area contributed by atoms with Crippen LogP contribution in [0.5, 0.6) is 0 Å². The molecule has 2 fully saturated rings. The fourth-order valence-electron chi connectivity index (χ4n) is 2.83. The van der Waals surface area contributed by atoms with Crippen molar-refractivity contribution < 1.29 is 25.6 Å². The zero-order valence-electron chi connectivity index (χ0n) is 11.6. The van der Waals surface area contributed by atoms with Crippen LogP contribution in [0.25, 0.3) is 0 Å². The lowest BCUT2D eigenvalue weighted by molar-refractivity contribution is 0.328. The summed E-state index contributed by atoms with van der Waals surface area (Å²) in [5.74, 6) is -2.72. The van der Waals surface area contributed by atoms with Gasteiger partial charge in [-0.25, -0.2) is 25.6 Å². The minimum absolute atomic E-state index is 0.101. The van der Waals surface area contributed by atoms with Crippen LogP contribution in [-0.4, -0.2) is 44.7 Å². The lowest BCUT2D eigenvalue weighted by Crippen LogP contribution is -2.43. The first-order valence-corrected chi connectivity index (χ1v) is 10.2. The molecule has 1 aromatic rings. The van der Waals surface area contributed by atoms with Crippen LogP contribution < -0.4 is 0 Å². The molecule has 2 aliphatic rings. The van der Waals surface area contributed by atoms with Crippen LogP contribution in [0.3, 0.4) is 0 Å². The molecule has 5 nitrogen and oxygen atoms in total. The van der Waals surface area contributed by atoms with Gasteiger partial charge in [0.15, 0.2) is 14.7 Å². The molecule has 1 aliphatic carbocycles. The van der Waals surface area contributed by atoms with Crippen molar-refractivity contribution in [1.29, 1.82) is 0 Å². The Morgan fingerprint density at radius 2 is 1.64 bits per heavy atom. The average molecular weight is 351 g/mol. The number of sulfonamides is 1. The number of benzene rings is 1. The molecule has 1 saturated carbocycles.